The summed E-state index contributed by atoms with van der Waals surface area (Å²) >= 11 is 6.22. The molecule has 1 aromatic heterocycles. The van der Waals surface area contributed by atoms with Crippen molar-refractivity contribution in [2.24, 2.45) is 0 Å². The summed E-state index contributed by atoms with van der Waals surface area (Å²) in [6.07, 6.45) is 0.903. The van der Waals surface area contributed by atoms with Crippen LogP contribution in [0.15, 0.2) is 36.4 Å². The SMILES string of the molecule is CCCOc1ccc(-c2nc3ccc([N+](=O)[O-])cc3[nH]2)cc1Cl. The smallest absolute Gasteiger partial charge is 0.271 e. The second kappa shape index (κ2) is 6.26. The van der Waals surface area contributed by atoms with Crippen molar-refractivity contribution < 1.29 is 9.66 Å². The molecule has 3 rings (SSSR count). The van der Waals surface area contributed by atoms with Crippen LogP contribution in [-0.4, -0.2) is 21.5 Å². The van der Waals surface area contributed by atoms with Gasteiger partial charge in [-0.15, -0.1) is 0 Å². The number of imidazole rings is 1. The van der Waals surface area contributed by atoms with E-state index in [1.807, 2.05) is 13.0 Å². The van der Waals surface area contributed by atoms with E-state index >= 15 is 0 Å². The molecule has 23 heavy (non-hydrogen) atoms. The summed E-state index contributed by atoms with van der Waals surface area (Å²) in [6.45, 7) is 2.63. The summed E-state index contributed by atoms with van der Waals surface area (Å²) in [4.78, 5) is 17.9. The molecule has 118 valence electrons. The highest BCUT2D eigenvalue weighted by Crippen LogP contribution is 2.30. The van der Waals surface area contributed by atoms with E-state index in [4.69, 9.17) is 16.3 Å². The molecular weight excluding hydrogens is 318 g/mol. The molecule has 3 aromatic rings. The standard InChI is InChI=1S/C16H14ClN3O3/c1-2-7-23-15-6-3-10(8-12(15)17)16-18-13-5-4-11(20(21)22)9-14(13)19-16/h3-6,8-9H,2,7H2,1H3,(H,18,19). The molecule has 0 amide bonds. The molecule has 7 heteroatoms. The molecule has 0 saturated heterocycles. The van der Waals surface area contributed by atoms with Gasteiger partial charge in [0.25, 0.3) is 5.69 Å². The van der Waals surface area contributed by atoms with E-state index in [1.165, 1.54) is 12.1 Å². The summed E-state index contributed by atoms with van der Waals surface area (Å²) in [6, 6.07) is 9.92. The molecule has 1 heterocycles. The second-order valence-electron chi connectivity index (χ2n) is 5.04. The lowest BCUT2D eigenvalue weighted by atomic mass is 10.2. The highest BCUT2D eigenvalue weighted by atomic mass is 35.5. The number of H-pyrrole nitrogens is 1. The number of fused-ring (bicyclic) bond motifs is 1. The van der Waals surface area contributed by atoms with E-state index in [1.54, 1.807) is 18.2 Å². The number of halogens is 1. The second-order valence-corrected chi connectivity index (χ2v) is 5.44. The first-order valence-corrected chi connectivity index (χ1v) is 7.53. The number of non-ortho nitro benzene ring substituents is 1. The molecule has 6 nitrogen and oxygen atoms in total. The number of hydrogen-bond donors (Lipinski definition) is 1. The van der Waals surface area contributed by atoms with E-state index in [0.29, 0.717) is 34.2 Å². The van der Waals surface area contributed by atoms with Crippen LogP contribution in [0.3, 0.4) is 0 Å². The van der Waals surface area contributed by atoms with Crippen LogP contribution in [0.1, 0.15) is 13.3 Å². The Balaban J connectivity index is 1.96. The average molecular weight is 332 g/mol. The molecule has 0 aliphatic heterocycles. The van der Waals surface area contributed by atoms with Crippen molar-refractivity contribution in [3.8, 4) is 17.1 Å². The van der Waals surface area contributed by atoms with E-state index in [-0.39, 0.29) is 5.69 Å². The van der Waals surface area contributed by atoms with Crippen molar-refractivity contribution in [3.05, 3.63) is 51.5 Å². The normalized spacial score (nSPS) is 10.9. The lowest BCUT2D eigenvalue weighted by Crippen LogP contribution is -1.95. The number of nitrogens with one attached hydrogen (secondary N) is 1. The molecule has 0 aliphatic carbocycles. The third-order valence-corrected chi connectivity index (χ3v) is 3.64. The Kier molecular flexibility index (Phi) is 4.16. The molecule has 0 radical (unpaired) electrons. The van der Waals surface area contributed by atoms with Crippen LogP contribution in [-0.2, 0) is 0 Å². The summed E-state index contributed by atoms with van der Waals surface area (Å²) in [5.41, 5.74) is 2.08. The van der Waals surface area contributed by atoms with Crippen LogP contribution < -0.4 is 4.74 Å². The first kappa shape index (κ1) is 15.3. The van der Waals surface area contributed by atoms with E-state index in [9.17, 15) is 10.1 Å². The molecule has 0 aliphatic rings. The number of nitro benzene ring substituents is 1. The summed E-state index contributed by atoms with van der Waals surface area (Å²) < 4.78 is 5.54. The molecular formula is C16H14ClN3O3. The minimum Gasteiger partial charge on any atom is -0.492 e. The molecule has 0 fully saturated rings. The summed E-state index contributed by atoms with van der Waals surface area (Å²) in [7, 11) is 0. The molecule has 0 unspecified atom stereocenters. The van der Waals surface area contributed by atoms with Gasteiger partial charge in [-0.05, 0) is 30.7 Å². The molecule has 0 spiro atoms. The highest BCUT2D eigenvalue weighted by Gasteiger charge is 2.12. The average Bonchev–Trinajstić information content (AvgIpc) is 2.96. The van der Waals surface area contributed by atoms with Crippen molar-refractivity contribution >= 4 is 28.3 Å². The van der Waals surface area contributed by atoms with Gasteiger partial charge < -0.3 is 9.72 Å². The zero-order chi connectivity index (χ0) is 16.4. The van der Waals surface area contributed by atoms with Crippen molar-refractivity contribution in [2.45, 2.75) is 13.3 Å². The van der Waals surface area contributed by atoms with Crippen LogP contribution in [0.4, 0.5) is 5.69 Å². The topological polar surface area (TPSA) is 81.1 Å². The lowest BCUT2D eigenvalue weighted by molar-refractivity contribution is -0.384. The predicted octanol–water partition coefficient (Wildman–Crippen LogP) is 4.58. The monoisotopic (exact) mass is 331 g/mol. The van der Waals surface area contributed by atoms with Gasteiger partial charge in [0.1, 0.15) is 11.6 Å². The first-order chi connectivity index (χ1) is 11.1. The maximum Gasteiger partial charge on any atom is 0.271 e. The molecule has 0 bridgehead atoms. The third-order valence-electron chi connectivity index (χ3n) is 3.34. The maximum atomic E-state index is 10.8. The number of aromatic nitrogens is 2. The zero-order valence-corrected chi connectivity index (χ0v) is 13.1. The minimum absolute atomic E-state index is 0.0223. The molecule has 1 N–H and O–H groups in total. The quantitative estimate of drug-likeness (QED) is 0.548. The predicted molar refractivity (Wildman–Crippen MR) is 89.0 cm³/mol. The van der Waals surface area contributed by atoms with Crippen molar-refractivity contribution in [1.82, 2.24) is 9.97 Å². The zero-order valence-electron chi connectivity index (χ0n) is 12.4. The third kappa shape index (κ3) is 3.12. The summed E-state index contributed by atoms with van der Waals surface area (Å²) in [5, 5.41) is 11.3. The molecule has 0 saturated carbocycles. The minimum atomic E-state index is -0.434. The van der Waals surface area contributed by atoms with E-state index in [2.05, 4.69) is 9.97 Å². The van der Waals surface area contributed by atoms with Gasteiger partial charge in [-0.1, -0.05) is 18.5 Å². The fraction of sp³-hybridized carbons (Fsp3) is 0.188. The molecule has 2 aromatic carbocycles. The van der Waals surface area contributed by atoms with Gasteiger partial charge in [0.2, 0.25) is 0 Å². The number of hydrogen-bond acceptors (Lipinski definition) is 4. The van der Waals surface area contributed by atoms with Crippen molar-refractivity contribution in [2.75, 3.05) is 6.61 Å². The van der Waals surface area contributed by atoms with Gasteiger partial charge in [0.15, 0.2) is 0 Å². The maximum absolute atomic E-state index is 10.8. The molecule has 0 atom stereocenters. The summed E-state index contributed by atoms with van der Waals surface area (Å²) in [5.74, 6) is 1.23. The van der Waals surface area contributed by atoms with Crippen LogP contribution in [0.2, 0.25) is 5.02 Å². The Morgan fingerprint density at radius 1 is 1.30 bits per heavy atom. The largest absolute Gasteiger partial charge is 0.492 e. The lowest BCUT2D eigenvalue weighted by Gasteiger charge is -2.07. The number of ether oxygens (including phenoxy) is 1. The van der Waals surface area contributed by atoms with Crippen molar-refractivity contribution in [1.29, 1.82) is 0 Å². The Morgan fingerprint density at radius 3 is 2.83 bits per heavy atom. The number of rotatable bonds is 5. The Hall–Kier alpha value is -2.60. The van der Waals surface area contributed by atoms with Gasteiger partial charge >= 0.3 is 0 Å². The number of nitrogens with zero attached hydrogens (tertiary/aromatic N) is 2. The Bertz CT molecular complexity index is 876. The fourth-order valence-electron chi connectivity index (χ4n) is 2.23. The highest BCUT2D eigenvalue weighted by molar-refractivity contribution is 6.32. The number of aromatic amines is 1. The Labute approximate surface area is 137 Å². The number of benzene rings is 2. The van der Waals surface area contributed by atoms with Gasteiger partial charge in [-0.2, -0.15) is 0 Å². The number of nitro groups is 1. The first-order valence-electron chi connectivity index (χ1n) is 7.15. The van der Waals surface area contributed by atoms with Gasteiger partial charge in [0, 0.05) is 17.7 Å². The van der Waals surface area contributed by atoms with Crippen molar-refractivity contribution in [3.63, 3.8) is 0 Å². The van der Waals surface area contributed by atoms with Crippen LogP contribution in [0.5, 0.6) is 5.75 Å². The van der Waals surface area contributed by atoms with Crippen LogP contribution in [0, 0.1) is 10.1 Å². The van der Waals surface area contributed by atoms with Gasteiger partial charge in [-0.25, -0.2) is 4.98 Å². The Morgan fingerprint density at radius 2 is 2.13 bits per heavy atom. The van der Waals surface area contributed by atoms with Crippen LogP contribution in [0.25, 0.3) is 22.4 Å². The van der Waals surface area contributed by atoms with Crippen LogP contribution >= 0.6 is 11.6 Å². The fourth-order valence-corrected chi connectivity index (χ4v) is 2.46. The van der Waals surface area contributed by atoms with E-state index < -0.39 is 4.92 Å². The van der Waals surface area contributed by atoms with Gasteiger partial charge in [0.05, 0.1) is 27.6 Å². The van der Waals surface area contributed by atoms with Gasteiger partial charge in [-0.3, -0.25) is 10.1 Å². The van der Waals surface area contributed by atoms with E-state index in [0.717, 1.165) is 12.0 Å².